The molecular weight excluding hydrogens is 236 g/mol. The highest BCUT2D eigenvalue weighted by atomic mass is 15.3. The molecule has 0 radical (unpaired) electrons. The van der Waals surface area contributed by atoms with Gasteiger partial charge in [0, 0.05) is 32.0 Å². The molecule has 1 aliphatic rings. The average Bonchev–Trinajstić information content (AvgIpc) is 2.87. The summed E-state index contributed by atoms with van der Waals surface area (Å²) in [6, 6.07) is 0. The van der Waals surface area contributed by atoms with Gasteiger partial charge in [0.2, 0.25) is 5.95 Å². The first kappa shape index (κ1) is 14.4. The maximum atomic E-state index is 4.49. The zero-order valence-corrected chi connectivity index (χ0v) is 12.6. The van der Waals surface area contributed by atoms with Gasteiger partial charge in [-0.05, 0) is 44.7 Å². The van der Waals surface area contributed by atoms with E-state index in [-0.39, 0.29) is 0 Å². The van der Waals surface area contributed by atoms with Gasteiger partial charge in [-0.15, -0.1) is 0 Å². The highest BCUT2D eigenvalue weighted by Gasteiger charge is 2.21. The topological polar surface area (TPSA) is 33.1 Å². The van der Waals surface area contributed by atoms with Gasteiger partial charge in [-0.1, -0.05) is 13.8 Å². The van der Waals surface area contributed by atoms with E-state index in [2.05, 4.69) is 46.7 Å². The number of aryl methyl sites for hydroxylation is 1. The number of nitrogens with one attached hydrogen (secondary N) is 1. The summed E-state index contributed by atoms with van der Waals surface area (Å²) in [5.41, 5.74) is 0. The highest BCUT2D eigenvalue weighted by Crippen LogP contribution is 2.21. The summed E-state index contributed by atoms with van der Waals surface area (Å²) >= 11 is 0. The van der Waals surface area contributed by atoms with E-state index < -0.39 is 0 Å². The second-order valence-corrected chi connectivity index (χ2v) is 6.00. The third-order valence-electron chi connectivity index (χ3n) is 3.92. The summed E-state index contributed by atoms with van der Waals surface area (Å²) < 4.78 is 2.23. The van der Waals surface area contributed by atoms with Crippen LogP contribution in [0, 0.1) is 11.8 Å². The van der Waals surface area contributed by atoms with Gasteiger partial charge in [0.25, 0.3) is 0 Å². The van der Waals surface area contributed by atoms with E-state index in [1.165, 1.54) is 19.4 Å². The maximum Gasteiger partial charge on any atom is 0.205 e. The fraction of sp³-hybridized carbons (Fsp3) is 0.800. The first-order valence-electron chi connectivity index (χ1n) is 7.67. The molecule has 0 unspecified atom stereocenters. The van der Waals surface area contributed by atoms with Crippen LogP contribution < -0.4 is 10.2 Å². The molecule has 1 aliphatic heterocycles. The number of hydrogen-bond donors (Lipinski definition) is 1. The van der Waals surface area contributed by atoms with Crippen molar-refractivity contribution in [2.45, 2.75) is 40.2 Å². The summed E-state index contributed by atoms with van der Waals surface area (Å²) in [5.74, 6) is 2.73. The molecule has 1 fully saturated rings. The van der Waals surface area contributed by atoms with Gasteiger partial charge in [0.1, 0.15) is 0 Å². The summed E-state index contributed by atoms with van der Waals surface area (Å²) in [7, 11) is 0. The standard InChI is InChI=1S/C15H28N4/c1-4-18-10-7-17-15(18)19-8-5-14(6-9-19)12-16-11-13(2)3/h7,10,13-14,16H,4-6,8-9,11-12H2,1-3H3. The molecule has 19 heavy (non-hydrogen) atoms. The summed E-state index contributed by atoms with van der Waals surface area (Å²) in [4.78, 5) is 6.93. The van der Waals surface area contributed by atoms with Gasteiger partial charge in [-0.25, -0.2) is 4.98 Å². The van der Waals surface area contributed by atoms with Gasteiger partial charge >= 0.3 is 0 Å². The lowest BCUT2D eigenvalue weighted by Gasteiger charge is -2.33. The van der Waals surface area contributed by atoms with Crippen LogP contribution in [0.2, 0.25) is 0 Å². The smallest absolute Gasteiger partial charge is 0.205 e. The minimum atomic E-state index is 0.747. The molecule has 4 heteroatoms. The second kappa shape index (κ2) is 6.94. The molecule has 0 aliphatic carbocycles. The molecule has 1 aromatic heterocycles. The normalized spacial score (nSPS) is 17.4. The fourth-order valence-corrected chi connectivity index (χ4v) is 2.74. The van der Waals surface area contributed by atoms with Gasteiger partial charge in [0.15, 0.2) is 0 Å². The van der Waals surface area contributed by atoms with Crippen molar-refractivity contribution in [3.8, 4) is 0 Å². The average molecular weight is 264 g/mol. The molecule has 0 bridgehead atoms. The van der Waals surface area contributed by atoms with E-state index in [1.807, 2.05) is 6.20 Å². The molecule has 1 N–H and O–H groups in total. The Bertz CT molecular complexity index is 364. The Balaban J connectivity index is 1.76. The third-order valence-corrected chi connectivity index (χ3v) is 3.92. The first-order chi connectivity index (χ1) is 9.20. The quantitative estimate of drug-likeness (QED) is 0.856. The molecule has 108 valence electrons. The molecule has 1 saturated heterocycles. The van der Waals surface area contributed by atoms with E-state index in [0.29, 0.717) is 0 Å². The predicted octanol–water partition coefficient (Wildman–Crippen LogP) is 2.37. The number of imidazole rings is 1. The molecular formula is C15H28N4. The van der Waals surface area contributed by atoms with Crippen molar-refractivity contribution in [2.75, 3.05) is 31.1 Å². The molecule has 0 atom stereocenters. The number of nitrogens with zero attached hydrogens (tertiary/aromatic N) is 3. The number of hydrogen-bond acceptors (Lipinski definition) is 3. The number of aromatic nitrogens is 2. The van der Waals surface area contributed by atoms with Gasteiger partial charge in [0.05, 0.1) is 0 Å². The molecule has 2 rings (SSSR count). The van der Waals surface area contributed by atoms with Crippen LogP contribution in [0.3, 0.4) is 0 Å². The molecule has 1 aromatic rings. The maximum absolute atomic E-state index is 4.49. The SMILES string of the molecule is CCn1ccnc1N1CCC(CNCC(C)C)CC1. The molecule has 0 amide bonds. The second-order valence-electron chi connectivity index (χ2n) is 6.00. The Labute approximate surface area is 117 Å². The van der Waals surface area contributed by atoms with Crippen LogP contribution in [0.25, 0.3) is 0 Å². The fourth-order valence-electron chi connectivity index (χ4n) is 2.74. The summed E-state index contributed by atoms with van der Waals surface area (Å²) in [6.45, 7) is 12.3. The minimum absolute atomic E-state index is 0.747. The minimum Gasteiger partial charge on any atom is -0.342 e. The Kier molecular flexibility index (Phi) is 5.25. The van der Waals surface area contributed by atoms with Crippen LogP contribution in [0.4, 0.5) is 5.95 Å². The monoisotopic (exact) mass is 264 g/mol. The van der Waals surface area contributed by atoms with Crippen molar-refractivity contribution in [1.29, 1.82) is 0 Å². The van der Waals surface area contributed by atoms with Crippen LogP contribution >= 0.6 is 0 Å². The Morgan fingerprint density at radius 2 is 2.11 bits per heavy atom. The van der Waals surface area contributed by atoms with Gasteiger partial charge in [-0.2, -0.15) is 0 Å². The van der Waals surface area contributed by atoms with Crippen LogP contribution in [-0.4, -0.2) is 35.7 Å². The third kappa shape index (κ3) is 3.96. The van der Waals surface area contributed by atoms with Gasteiger partial charge < -0.3 is 14.8 Å². The van der Waals surface area contributed by atoms with Crippen molar-refractivity contribution >= 4 is 5.95 Å². The number of rotatable bonds is 6. The van der Waals surface area contributed by atoms with Crippen molar-refractivity contribution in [3.05, 3.63) is 12.4 Å². The summed E-state index contributed by atoms with van der Waals surface area (Å²) in [6.07, 6.45) is 6.55. The number of piperidine rings is 1. The van der Waals surface area contributed by atoms with Crippen molar-refractivity contribution in [3.63, 3.8) is 0 Å². The van der Waals surface area contributed by atoms with Crippen LogP contribution in [0.15, 0.2) is 12.4 Å². The zero-order valence-electron chi connectivity index (χ0n) is 12.6. The van der Waals surface area contributed by atoms with Crippen LogP contribution in [0.5, 0.6) is 0 Å². The predicted molar refractivity (Wildman–Crippen MR) is 80.5 cm³/mol. The van der Waals surface area contributed by atoms with E-state index in [9.17, 15) is 0 Å². The van der Waals surface area contributed by atoms with Crippen LogP contribution in [0.1, 0.15) is 33.6 Å². The Morgan fingerprint density at radius 1 is 1.37 bits per heavy atom. The largest absolute Gasteiger partial charge is 0.342 e. The van der Waals surface area contributed by atoms with Gasteiger partial charge in [-0.3, -0.25) is 0 Å². The van der Waals surface area contributed by atoms with Crippen molar-refractivity contribution < 1.29 is 0 Å². The molecule has 0 saturated carbocycles. The summed E-state index contributed by atoms with van der Waals surface area (Å²) in [5, 5.41) is 3.59. The lowest BCUT2D eigenvalue weighted by Crippen LogP contribution is -2.39. The molecule has 0 aromatic carbocycles. The van der Waals surface area contributed by atoms with E-state index in [1.54, 1.807) is 0 Å². The van der Waals surface area contributed by atoms with Crippen LogP contribution in [-0.2, 0) is 6.54 Å². The lowest BCUT2D eigenvalue weighted by atomic mass is 9.97. The van der Waals surface area contributed by atoms with E-state index in [4.69, 9.17) is 0 Å². The number of anilines is 1. The molecule has 0 spiro atoms. The Hall–Kier alpha value is -1.03. The molecule has 2 heterocycles. The van der Waals surface area contributed by atoms with Crippen molar-refractivity contribution in [2.24, 2.45) is 11.8 Å². The molecule has 4 nitrogen and oxygen atoms in total. The Morgan fingerprint density at radius 3 is 2.74 bits per heavy atom. The van der Waals surface area contributed by atoms with Crippen molar-refractivity contribution in [1.82, 2.24) is 14.9 Å². The highest BCUT2D eigenvalue weighted by molar-refractivity contribution is 5.31. The first-order valence-corrected chi connectivity index (χ1v) is 7.67. The lowest BCUT2D eigenvalue weighted by molar-refractivity contribution is 0.370. The van der Waals surface area contributed by atoms with E-state index >= 15 is 0 Å². The zero-order chi connectivity index (χ0) is 13.7. The van der Waals surface area contributed by atoms with E-state index in [0.717, 1.165) is 44.0 Å².